The van der Waals surface area contributed by atoms with E-state index < -0.39 is 16.1 Å². The average Bonchev–Trinajstić information content (AvgIpc) is 3.29. The quantitative estimate of drug-likeness (QED) is 0.425. The maximum atomic E-state index is 6.30. The molecule has 1 unspecified atom stereocenters. The van der Waals surface area contributed by atoms with Crippen molar-refractivity contribution in [3.05, 3.63) is 47.1 Å². The molecule has 0 aromatic heterocycles. The molecule has 3 rings (SSSR count). The molecule has 0 amide bonds. The molecule has 2 aliphatic rings. The zero-order valence-electron chi connectivity index (χ0n) is 21.2. The van der Waals surface area contributed by atoms with Crippen LogP contribution in [-0.4, -0.2) is 23.3 Å². The molecule has 0 bridgehead atoms. The van der Waals surface area contributed by atoms with Crippen LogP contribution in [-0.2, 0) is 5.41 Å². The van der Waals surface area contributed by atoms with Crippen LogP contribution in [0.25, 0.3) is 0 Å². The molecule has 30 heavy (non-hydrogen) atoms. The topological polar surface area (TPSA) is 9.23 Å². The molecule has 0 radical (unpaired) electrons. The normalized spacial score (nSPS) is 21.8. The van der Waals surface area contributed by atoms with Crippen molar-refractivity contribution in [3.8, 4) is 5.75 Å². The Morgan fingerprint density at radius 2 is 1.60 bits per heavy atom. The van der Waals surface area contributed by atoms with Crippen molar-refractivity contribution in [3.63, 3.8) is 0 Å². The zero-order chi connectivity index (χ0) is 22.5. The van der Waals surface area contributed by atoms with Crippen LogP contribution in [0.15, 0.2) is 35.9 Å². The van der Waals surface area contributed by atoms with Crippen molar-refractivity contribution >= 4 is 21.3 Å². The number of rotatable bonds is 5. The molecule has 166 valence electrons. The first kappa shape index (κ1) is 23.6. The summed E-state index contributed by atoms with van der Waals surface area (Å²) in [6, 6.07) is 4.89. The van der Waals surface area contributed by atoms with Crippen LogP contribution < -0.4 is 9.92 Å². The highest BCUT2D eigenvalue weighted by Gasteiger charge is 2.46. The van der Waals surface area contributed by atoms with E-state index in [1.807, 2.05) is 7.11 Å². The molecule has 0 aliphatic heterocycles. The Hall–Kier alpha value is -1.07. The van der Waals surface area contributed by atoms with Gasteiger partial charge in [-0.3, -0.25) is 0 Å². The Morgan fingerprint density at radius 1 is 1.00 bits per heavy atom. The van der Waals surface area contributed by atoms with E-state index in [1.165, 1.54) is 47.7 Å². The Labute approximate surface area is 188 Å². The van der Waals surface area contributed by atoms with Gasteiger partial charge in [-0.15, -0.1) is 0 Å². The van der Waals surface area contributed by atoms with Gasteiger partial charge in [0, 0.05) is 11.0 Å². The monoisotopic (exact) mass is 440 g/mol. The van der Waals surface area contributed by atoms with Gasteiger partial charge in [0.05, 0.1) is 23.3 Å². The Morgan fingerprint density at radius 3 is 2.07 bits per heavy atom. The van der Waals surface area contributed by atoms with Crippen molar-refractivity contribution in [2.45, 2.75) is 102 Å². The fraction of sp³-hybridized carbons (Fsp3) is 0.630. The number of hydrogen-bond donors (Lipinski definition) is 0. The fourth-order valence-corrected chi connectivity index (χ4v) is 8.83. The number of ether oxygens (including phenoxy) is 1. The maximum absolute atomic E-state index is 6.30. The van der Waals surface area contributed by atoms with Crippen LogP contribution >= 0.6 is 0 Å². The van der Waals surface area contributed by atoms with Gasteiger partial charge in [0.2, 0.25) is 0 Å². The maximum Gasteiger partial charge on any atom is 0.122 e. The highest BCUT2D eigenvalue weighted by atomic mass is 28.3. The lowest BCUT2D eigenvalue weighted by Gasteiger charge is -2.41. The van der Waals surface area contributed by atoms with Crippen LogP contribution in [0.5, 0.6) is 5.75 Å². The lowest BCUT2D eigenvalue weighted by Crippen LogP contribution is -2.50. The number of aryl methyl sites for hydroxylation is 1. The zero-order valence-corrected chi connectivity index (χ0v) is 23.2. The predicted octanol–water partition coefficient (Wildman–Crippen LogP) is 7.74. The van der Waals surface area contributed by atoms with Crippen molar-refractivity contribution < 1.29 is 4.74 Å². The van der Waals surface area contributed by atoms with Gasteiger partial charge in [-0.05, 0) is 41.1 Å². The van der Waals surface area contributed by atoms with E-state index in [1.54, 1.807) is 5.57 Å². The Kier molecular flexibility index (Phi) is 6.14. The van der Waals surface area contributed by atoms with Gasteiger partial charge in [0.1, 0.15) is 5.75 Å². The largest absolute Gasteiger partial charge is 0.497 e. The highest BCUT2D eigenvalue weighted by molar-refractivity contribution is 6.92. The summed E-state index contributed by atoms with van der Waals surface area (Å²) in [4.78, 5) is 0. The summed E-state index contributed by atoms with van der Waals surface area (Å²) in [5, 5.41) is 1.78. The highest BCUT2D eigenvalue weighted by Crippen LogP contribution is 2.53. The molecular formula is C27H44OSi2. The molecule has 2 aliphatic carbocycles. The lowest BCUT2D eigenvalue weighted by molar-refractivity contribution is 0.396. The Balaban J connectivity index is 2.24. The molecule has 1 atom stereocenters. The molecule has 0 N–H and O–H groups in total. The number of benzene rings is 1. The van der Waals surface area contributed by atoms with Crippen molar-refractivity contribution in [2.24, 2.45) is 0 Å². The summed E-state index contributed by atoms with van der Waals surface area (Å²) < 4.78 is 6.30. The first-order valence-corrected chi connectivity index (χ1v) is 18.4. The van der Waals surface area contributed by atoms with E-state index in [9.17, 15) is 0 Å². The van der Waals surface area contributed by atoms with Crippen LogP contribution in [0.1, 0.15) is 57.6 Å². The summed E-state index contributed by atoms with van der Waals surface area (Å²) in [6.45, 7) is 22.0. The van der Waals surface area contributed by atoms with Crippen molar-refractivity contribution in [1.82, 2.24) is 0 Å². The van der Waals surface area contributed by atoms with E-state index in [-0.39, 0.29) is 10.5 Å². The third-order valence-corrected chi connectivity index (χ3v) is 16.2. The molecule has 0 spiro atoms. The molecule has 1 aromatic rings. The molecule has 1 fully saturated rings. The standard InChI is InChI=1S/C27H44OSi2/c1-20-17-23(25(28-5)24(18-20)30(9,10)26(2,3)4)27(15-11-12-16-27)21-13-14-22(19-21)29(6,7)8/h13-14,17-19,22H,11-12,15-16H2,1-10H3. The Bertz CT molecular complexity index is 856. The number of methoxy groups -OCH3 is 1. The molecule has 0 saturated heterocycles. The minimum Gasteiger partial charge on any atom is -0.497 e. The van der Waals surface area contributed by atoms with Crippen molar-refractivity contribution in [1.29, 1.82) is 0 Å². The lowest BCUT2D eigenvalue weighted by atomic mass is 9.72. The van der Waals surface area contributed by atoms with E-state index in [2.05, 4.69) is 90.8 Å². The predicted molar refractivity (Wildman–Crippen MR) is 139 cm³/mol. The smallest absolute Gasteiger partial charge is 0.122 e. The summed E-state index contributed by atoms with van der Waals surface area (Å²) in [7, 11) is -1.07. The molecule has 1 saturated carbocycles. The summed E-state index contributed by atoms with van der Waals surface area (Å²) in [5.41, 5.74) is 5.20. The second-order valence-electron chi connectivity index (χ2n) is 12.4. The second kappa shape index (κ2) is 7.81. The number of hydrogen-bond acceptors (Lipinski definition) is 1. The van der Waals surface area contributed by atoms with Crippen LogP contribution in [0.3, 0.4) is 0 Å². The van der Waals surface area contributed by atoms with Crippen molar-refractivity contribution in [2.75, 3.05) is 7.11 Å². The van der Waals surface area contributed by atoms with Gasteiger partial charge < -0.3 is 4.74 Å². The van der Waals surface area contributed by atoms with Gasteiger partial charge in [-0.1, -0.05) is 102 Å². The second-order valence-corrected chi connectivity index (χ2v) is 23.1. The van der Waals surface area contributed by atoms with Gasteiger partial charge in [-0.25, -0.2) is 0 Å². The average molecular weight is 441 g/mol. The van der Waals surface area contributed by atoms with E-state index in [4.69, 9.17) is 4.74 Å². The fourth-order valence-electron chi connectivity index (χ4n) is 5.28. The third-order valence-electron chi connectivity index (χ3n) is 8.35. The summed E-state index contributed by atoms with van der Waals surface area (Å²) >= 11 is 0. The van der Waals surface area contributed by atoms with Crippen LogP contribution in [0.4, 0.5) is 0 Å². The first-order chi connectivity index (χ1) is 13.7. The number of allylic oxidation sites excluding steroid dienone is 4. The third kappa shape index (κ3) is 3.93. The van der Waals surface area contributed by atoms with E-state index in [0.29, 0.717) is 5.54 Å². The summed E-state index contributed by atoms with van der Waals surface area (Å²) in [5.74, 6) is 1.19. The first-order valence-electron chi connectivity index (χ1n) is 11.8. The van der Waals surface area contributed by atoms with Gasteiger partial charge >= 0.3 is 0 Å². The van der Waals surface area contributed by atoms with Crippen LogP contribution in [0.2, 0.25) is 43.3 Å². The van der Waals surface area contributed by atoms with Gasteiger partial charge in [0.25, 0.3) is 0 Å². The van der Waals surface area contributed by atoms with Crippen LogP contribution in [0, 0.1) is 6.92 Å². The van der Waals surface area contributed by atoms with E-state index >= 15 is 0 Å². The SMILES string of the molecule is COc1c(C2(C3=CC([Si](C)(C)C)C=C3)CCCC2)cc(C)cc1[Si](C)(C)C(C)(C)C. The molecule has 1 nitrogen and oxygen atoms in total. The molecular weight excluding hydrogens is 396 g/mol. The molecule has 0 heterocycles. The van der Waals surface area contributed by atoms with Gasteiger partial charge in [-0.2, -0.15) is 0 Å². The molecule has 3 heteroatoms. The minimum atomic E-state index is -1.73. The molecule has 1 aromatic carbocycles. The minimum absolute atomic E-state index is 0.124. The van der Waals surface area contributed by atoms with E-state index in [0.717, 1.165) is 0 Å². The summed E-state index contributed by atoms with van der Waals surface area (Å²) in [6.07, 6.45) is 12.7. The van der Waals surface area contributed by atoms with Gasteiger partial charge in [0.15, 0.2) is 0 Å².